The van der Waals surface area contributed by atoms with E-state index in [2.05, 4.69) is 58.1 Å². The Morgan fingerprint density at radius 1 is 1.07 bits per heavy atom. The van der Waals surface area contributed by atoms with Crippen LogP contribution in [0.25, 0.3) is 0 Å². The average Bonchev–Trinajstić information content (AvgIpc) is 3.38. The van der Waals surface area contributed by atoms with Crippen LogP contribution in [0.5, 0.6) is 0 Å². The second-order valence-corrected chi connectivity index (χ2v) is 10.2. The normalized spacial score (nSPS) is 31.9. The number of nitrogens with one attached hydrogen (secondary N) is 1. The Labute approximate surface area is 178 Å². The lowest BCUT2D eigenvalue weighted by atomic mass is 9.61. The van der Waals surface area contributed by atoms with Crippen molar-refractivity contribution in [2.75, 3.05) is 6.54 Å². The molecule has 1 aliphatic carbocycles. The van der Waals surface area contributed by atoms with Crippen molar-refractivity contribution in [3.8, 4) is 0 Å². The molecule has 1 aromatic heterocycles. The molecule has 3 heterocycles. The third-order valence-electron chi connectivity index (χ3n) is 7.78. The molecule has 1 saturated carbocycles. The molecule has 1 aromatic carbocycles. The number of benzene rings is 1. The van der Waals surface area contributed by atoms with Gasteiger partial charge in [-0.1, -0.05) is 36.4 Å². The second-order valence-electron chi connectivity index (χ2n) is 9.21. The minimum atomic E-state index is 0.133. The average molecular weight is 409 g/mol. The first-order valence-electron chi connectivity index (χ1n) is 11.4. The molecule has 4 atom stereocenters. The predicted octanol–water partition coefficient (Wildman–Crippen LogP) is 5.02. The van der Waals surface area contributed by atoms with Gasteiger partial charge < -0.3 is 10.2 Å². The van der Waals surface area contributed by atoms with Gasteiger partial charge in [0.1, 0.15) is 0 Å². The van der Waals surface area contributed by atoms with Crippen LogP contribution in [0.4, 0.5) is 0 Å². The van der Waals surface area contributed by atoms with Crippen molar-refractivity contribution in [3.05, 3.63) is 58.3 Å². The standard InChI is InChI=1S/C25H32N2OS/c28-24-11-4-10-22-21(17-19-7-2-1-3-8-19)23(26-18-20-9-5-16-29-20)12-14-25(22)13-6-15-27(24)25/h1-3,5,7-9,16,21-23,26H,4,6,10-15,17-18H2/t21-,22+,23+,25-/m1/s1. The summed E-state index contributed by atoms with van der Waals surface area (Å²) in [4.78, 5) is 16.6. The summed E-state index contributed by atoms with van der Waals surface area (Å²) in [6, 6.07) is 15.9. The van der Waals surface area contributed by atoms with Crippen LogP contribution in [0.3, 0.4) is 0 Å². The molecule has 1 N–H and O–H groups in total. The lowest BCUT2D eigenvalue weighted by Gasteiger charge is -2.53. The zero-order valence-corrected chi connectivity index (χ0v) is 18.0. The Kier molecular flexibility index (Phi) is 5.49. The highest BCUT2D eigenvalue weighted by Crippen LogP contribution is 2.52. The van der Waals surface area contributed by atoms with E-state index in [4.69, 9.17) is 0 Å². The van der Waals surface area contributed by atoms with E-state index < -0.39 is 0 Å². The van der Waals surface area contributed by atoms with Crippen molar-refractivity contribution in [3.63, 3.8) is 0 Å². The molecule has 2 aliphatic heterocycles. The van der Waals surface area contributed by atoms with Crippen LogP contribution in [0.15, 0.2) is 47.8 Å². The zero-order valence-electron chi connectivity index (χ0n) is 17.2. The van der Waals surface area contributed by atoms with Crippen molar-refractivity contribution in [1.29, 1.82) is 0 Å². The van der Waals surface area contributed by atoms with Crippen molar-refractivity contribution < 1.29 is 4.79 Å². The van der Waals surface area contributed by atoms with Crippen molar-refractivity contribution in [1.82, 2.24) is 10.2 Å². The molecule has 1 amide bonds. The Morgan fingerprint density at radius 3 is 2.79 bits per heavy atom. The molecular weight excluding hydrogens is 376 g/mol. The number of carbonyl (C=O) groups is 1. The second kappa shape index (κ2) is 8.23. The molecule has 3 aliphatic rings. The van der Waals surface area contributed by atoms with Crippen LogP contribution >= 0.6 is 11.3 Å². The number of carbonyl (C=O) groups excluding carboxylic acids is 1. The smallest absolute Gasteiger partial charge is 0.223 e. The summed E-state index contributed by atoms with van der Waals surface area (Å²) in [6.07, 6.45) is 8.91. The van der Waals surface area contributed by atoms with Crippen LogP contribution in [0, 0.1) is 11.8 Å². The minimum Gasteiger partial charge on any atom is -0.337 e. The first-order valence-corrected chi connectivity index (χ1v) is 12.2. The molecule has 2 saturated heterocycles. The summed E-state index contributed by atoms with van der Waals surface area (Å²) in [5.74, 6) is 1.64. The van der Waals surface area contributed by atoms with E-state index in [-0.39, 0.29) is 5.54 Å². The van der Waals surface area contributed by atoms with Crippen molar-refractivity contribution in [2.24, 2.45) is 11.8 Å². The van der Waals surface area contributed by atoms with E-state index in [1.54, 1.807) is 0 Å². The fraction of sp³-hybridized carbons (Fsp3) is 0.560. The van der Waals surface area contributed by atoms with Crippen LogP contribution in [-0.4, -0.2) is 28.9 Å². The lowest BCUT2D eigenvalue weighted by molar-refractivity contribution is -0.138. The van der Waals surface area contributed by atoms with Gasteiger partial charge in [-0.25, -0.2) is 0 Å². The Bertz CT molecular complexity index is 821. The number of rotatable bonds is 5. The molecule has 3 nitrogen and oxygen atoms in total. The maximum Gasteiger partial charge on any atom is 0.223 e. The Balaban J connectivity index is 1.44. The van der Waals surface area contributed by atoms with Crippen LogP contribution in [0.1, 0.15) is 55.4 Å². The molecule has 2 aromatic rings. The van der Waals surface area contributed by atoms with Crippen molar-refractivity contribution >= 4 is 17.2 Å². The number of hydrogen-bond donors (Lipinski definition) is 1. The summed E-state index contributed by atoms with van der Waals surface area (Å²) < 4.78 is 0. The van der Waals surface area contributed by atoms with E-state index in [0.29, 0.717) is 23.8 Å². The quantitative estimate of drug-likeness (QED) is 0.753. The maximum absolute atomic E-state index is 12.9. The molecule has 154 valence electrons. The summed E-state index contributed by atoms with van der Waals surface area (Å²) in [5.41, 5.74) is 1.58. The molecule has 3 fully saturated rings. The summed E-state index contributed by atoms with van der Waals surface area (Å²) in [7, 11) is 0. The highest BCUT2D eigenvalue weighted by Gasteiger charge is 2.55. The molecule has 0 bridgehead atoms. The van der Waals surface area contributed by atoms with Gasteiger partial charge in [-0.2, -0.15) is 0 Å². The Morgan fingerprint density at radius 2 is 1.97 bits per heavy atom. The van der Waals surface area contributed by atoms with E-state index in [1.807, 2.05) is 11.3 Å². The van der Waals surface area contributed by atoms with Gasteiger partial charge in [0.2, 0.25) is 5.91 Å². The summed E-state index contributed by atoms with van der Waals surface area (Å²) in [5, 5.41) is 6.11. The molecule has 1 spiro atoms. The number of hydrogen-bond acceptors (Lipinski definition) is 3. The molecular formula is C25H32N2OS. The van der Waals surface area contributed by atoms with Gasteiger partial charge in [0.05, 0.1) is 0 Å². The summed E-state index contributed by atoms with van der Waals surface area (Å²) in [6.45, 7) is 1.96. The van der Waals surface area contributed by atoms with Gasteiger partial charge in [-0.3, -0.25) is 4.79 Å². The topological polar surface area (TPSA) is 32.3 Å². The SMILES string of the molecule is O=C1CCC[C@H]2[C@@H](Cc3ccccc3)[C@@H](NCc3cccs3)CC[C@]23CCCN13. The number of amides is 1. The van der Waals surface area contributed by atoms with E-state index in [9.17, 15) is 4.79 Å². The van der Waals surface area contributed by atoms with Crippen LogP contribution in [-0.2, 0) is 17.8 Å². The molecule has 4 heteroatoms. The predicted molar refractivity (Wildman–Crippen MR) is 119 cm³/mol. The van der Waals surface area contributed by atoms with Gasteiger partial charge in [-0.05, 0) is 73.8 Å². The third kappa shape index (κ3) is 3.66. The molecule has 29 heavy (non-hydrogen) atoms. The number of thiophene rings is 1. The fourth-order valence-corrected chi connectivity index (χ4v) is 7.22. The first kappa shape index (κ1) is 19.3. The highest BCUT2D eigenvalue weighted by molar-refractivity contribution is 7.09. The van der Waals surface area contributed by atoms with E-state index in [0.717, 1.165) is 32.4 Å². The van der Waals surface area contributed by atoms with Crippen LogP contribution < -0.4 is 5.32 Å². The van der Waals surface area contributed by atoms with Crippen molar-refractivity contribution in [2.45, 2.75) is 69.5 Å². The molecule has 0 radical (unpaired) electrons. The zero-order chi connectivity index (χ0) is 19.7. The van der Waals surface area contributed by atoms with Crippen LogP contribution in [0.2, 0.25) is 0 Å². The van der Waals surface area contributed by atoms with Gasteiger partial charge in [0.15, 0.2) is 0 Å². The Hall–Kier alpha value is -1.65. The monoisotopic (exact) mass is 408 g/mol. The van der Waals surface area contributed by atoms with Gasteiger partial charge in [0, 0.05) is 36.0 Å². The molecule has 5 rings (SSSR count). The summed E-state index contributed by atoms with van der Waals surface area (Å²) >= 11 is 1.84. The molecule has 0 unspecified atom stereocenters. The first-order chi connectivity index (χ1) is 14.3. The third-order valence-corrected chi connectivity index (χ3v) is 8.66. The van der Waals surface area contributed by atoms with Gasteiger partial charge >= 0.3 is 0 Å². The fourth-order valence-electron chi connectivity index (χ4n) is 6.56. The lowest BCUT2D eigenvalue weighted by Crippen LogP contribution is -2.60. The number of nitrogens with zero attached hydrogens (tertiary/aromatic N) is 1. The van der Waals surface area contributed by atoms with Gasteiger partial charge in [-0.15, -0.1) is 11.3 Å². The van der Waals surface area contributed by atoms with E-state index in [1.165, 1.54) is 42.5 Å². The minimum absolute atomic E-state index is 0.133. The maximum atomic E-state index is 12.9. The highest BCUT2D eigenvalue weighted by atomic mass is 32.1. The van der Waals surface area contributed by atoms with E-state index >= 15 is 0 Å². The van der Waals surface area contributed by atoms with Gasteiger partial charge in [0.25, 0.3) is 0 Å². The largest absolute Gasteiger partial charge is 0.337 e.